The highest BCUT2D eigenvalue weighted by Gasteiger charge is 2.14. The number of phenols is 1. The van der Waals surface area contributed by atoms with Crippen LogP contribution in [0.5, 0.6) is 23.0 Å². The lowest BCUT2D eigenvalue weighted by Crippen LogP contribution is -2.33. The molecule has 5 heteroatoms. The van der Waals surface area contributed by atoms with Crippen LogP contribution in [0.3, 0.4) is 0 Å². The van der Waals surface area contributed by atoms with Crippen LogP contribution >= 0.6 is 0 Å². The molecular weight excluding hydrogens is 429 g/mol. The van der Waals surface area contributed by atoms with E-state index >= 15 is 0 Å². The van der Waals surface area contributed by atoms with E-state index in [4.69, 9.17) is 9.47 Å². The Hall–Kier alpha value is -3.57. The number of benzene rings is 4. The molecule has 5 rings (SSSR count). The molecule has 0 saturated carbocycles. The quantitative estimate of drug-likeness (QED) is 0.324. The molecule has 0 aromatic heterocycles. The molecule has 4 nitrogen and oxygen atoms in total. The SMILES string of the molecule is Oc1ccc2c(Oc3ccc(OCCN4CCCCC4)cc3)c(-c3cccc(F)c3)ccc2c1. The van der Waals surface area contributed by atoms with Gasteiger partial charge < -0.3 is 14.6 Å². The molecule has 0 unspecified atom stereocenters. The van der Waals surface area contributed by atoms with Gasteiger partial charge in [-0.05, 0) is 97.5 Å². The highest BCUT2D eigenvalue weighted by atomic mass is 19.1. The number of hydrogen-bond donors (Lipinski definition) is 1. The van der Waals surface area contributed by atoms with Gasteiger partial charge in [-0.3, -0.25) is 4.90 Å². The second-order valence-corrected chi connectivity index (χ2v) is 8.68. The molecule has 1 aliphatic rings. The van der Waals surface area contributed by atoms with Crippen LogP contribution in [0.2, 0.25) is 0 Å². The summed E-state index contributed by atoms with van der Waals surface area (Å²) in [7, 11) is 0. The fourth-order valence-corrected chi connectivity index (χ4v) is 4.48. The number of ether oxygens (including phenoxy) is 2. The van der Waals surface area contributed by atoms with E-state index in [9.17, 15) is 9.50 Å². The number of likely N-dealkylation sites (tertiary alicyclic amines) is 1. The Kier molecular flexibility index (Phi) is 6.63. The largest absolute Gasteiger partial charge is 0.508 e. The summed E-state index contributed by atoms with van der Waals surface area (Å²) in [6.07, 6.45) is 3.88. The van der Waals surface area contributed by atoms with E-state index in [1.165, 1.54) is 31.4 Å². The van der Waals surface area contributed by atoms with E-state index < -0.39 is 0 Å². The summed E-state index contributed by atoms with van der Waals surface area (Å²) in [5.74, 6) is 1.95. The number of hydrogen-bond acceptors (Lipinski definition) is 4. The molecule has 0 bridgehead atoms. The van der Waals surface area contributed by atoms with Gasteiger partial charge in [-0.25, -0.2) is 4.39 Å². The zero-order valence-corrected chi connectivity index (χ0v) is 19.0. The average Bonchev–Trinajstić information content (AvgIpc) is 2.86. The standard InChI is InChI=1S/C29H28FNO3/c30-23-6-4-5-21(19-23)27-13-7-22-20-24(32)8-14-28(22)29(27)34-26-11-9-25(10-12-26)33-18-17-31-15-2-1-3-16-31/h4-14,19-20,32H,1-3,15-18H2. The van der Waals surface area contributed by atoms with Gasteiger partial charge in [0.05, 0.1) is 0 Å². The van der Waals surface area contributed by atoms with Crippen molar-refractivity contribution in [3.8, 4) is 34.1 Å². The van der Waals surface area contributed by atoms with Gasteiger partial charge in [0.15, 0.2) is 0 Å². The van der Waals surface area contributed by atoms with Crippen LogP contribution in [0.15, 0.2) is 78.9 Å². The molecular formula is C29H28FNO3. The van der Waals surface area contributed by atoms with Crippen molar-refractivity contribution in [3.63, 3.8) is 0 Å². The fourth-order valence-electron chi connectivity index (χ4n) is 4.48. The monoisotopic (exact) mass is 457 g/mol. The lowest BCUT2D eigenvalue weighted by atomic mass is 9.99. The number of halogens is 1. The van der Waals surface area contributed by atoms with E-state index in [-0.39, 0.29) is 11.6 Å². The third-order valence-electron chi connectivity index (χ3n) is 6.26. The molecule has 0 spiro atoms. The summed E-state index contributed by atoms with van der Waals surface area (Å²) < 4.78 is 26.2. The van der Waals surface area contributed by atoms with Crippen LogP contribution in [-0.2, 0) is 0 Å². The van der Waals surface area contributed by atoms with Gasteiger partial charge in [0, 0.05) is 17.5 Å². The van der Waals surface area contributed by atoms with Crippen LogP contribution in [0, 0.1) is 5.82 Å². The normalized spacial score (nSPS) is 14.3. The highest BCUT2D eigenvalue weighted by molar-refractivity contribution is 5.96. The van der Waals surface area contributed by atoms with Crippen LogP contribution in [0.1, 0.15) is 19.3 Å². The predicted octanol–water partition coefficient (Wildman–Crippen LogP) is 7.01. The zero-order valence-electron chi connectivity index (χ0n) is 19.0. The lowest BCUT2D eigenvalue weighted by Gasteiger charge is -2.26. The van der Waals surface area contributed by atoms with Gasteiger partial charge in [0.2, 0.25) is 0 Å². The van der Waals surface area contributed by atoms with E-state index in [1.807, 2.05) is 48.5 Å². The number of rotatable bonds is 7. The van der Waals surface area contributed by atoms with E-state index in [0.29, 0.717) is 18.1 Å². The second-order valence-electron chi connectivity index (χ2n) is 8.68. The number of aromatic hydroxyl groups is 1. The summed E-state index contributed by atoms with van der Waals surface area (Å²) in [4.78, 5) is 2.45. The molecule has 1 aliphatic heterocycles. The summed E-state index contributed by atoms with van der Waals surface area (Å²) in [6, 6.07) is 23.0. The third kappa shape index (κ3) is 5.15. The zero-order chi connectivity index (χ0) is 23.3. The van der Waals surface area contributed by atoms with Crippen molar-refractivity contribution in [1.82, 2.24) is 4.90 Å². The highest BCUT2D eigenvalue weighted by Crippen LogP contribution is 2.40. The average molecular weight is 458 g/mol. The molecule has 0 amide bonds. The van der Waals surface area contributed by atoms with E-state index in [2.05, 4.69) is 4.90 Å². The molecule has 1 saturated heterocycles. The van der Waals surface area contributed by atoms with Crippen molar-refractivity contribution in [2.75, 3.05) is 26.2 Å². The lowest BCUT2D eigenvalue weighted by molar-refractivity contribution is 0.183. The summed E-state index contributed by atoms with van der Waals surface area (Å²) in [5, 5.41) is 11.6. The molecule has 4 aromatic rings. The number of fused-ring (bicyclic) bond motifs is 1. The number of phenolic OH excluding ortho intramolecular Hbond substituents is 1. The van der Waals surface area contributed by atoms with E-state index in [0.717, 1.165) is 47.3 Å². The number of piperidine rings is 1. The Morgan fingerprint density at radius 2 is 1.62 bits per heavy atom. The smallest absolute Gasteiger partial charge is 0.143 e. The maximum absolute atomic E-state index is 14.0. The summed E-state index contributed by atoms with van der Waals surface area (Å²) in [6.45, 7) is 3.92. The molecule has 0 aliphatic carbocycles. The van der Waals surface area contributed by atoms with Crippen molar-refractivity contribution < 1.29 is 19.0 Å². The Morgan fingerprint density at radius 3 is 2.41 bits per heavy atom. The number of nitrogens with zero attached hydrogens (tertiary/aromatic N) is 1. The first-order valence-electron chi connectivity index (χ1n) is 11.8. The second kappa shape index (κ2) is 10.1. The van der Waals surface area contributed by atoms with Crippen molar-refractivity contribution in [3.05, 3.63) is 84.7 Å². The third-order valence-corrected chi connectivity index (χ3v) is 6.26. The molecule has 34 heavy (non-hydrogen) atoms. The van der Waals surface area contributed by atoms with Gasteiger partial charge in [-0.15, -0.1) is 0 Å². The minimum atomic E-state index is -0.305. The van der Waals surface area contributed by atoms with Gasteiger partial charge in [-0.1, -0.05) is 24.6 Å². The van der Waals surface area contributed by atoms with Crippen molar-refractivity contribution in [1.29, 1.82) is 0 Å². The molecule has 174 valence electrons. The van der Waals surface area contributed by atoms with Crippen molar-refractivity contribution >= 4 is 10.8 Å². The Morgan fingerprint density at radius 1 is 0.824 bits per heavy atom. The van der Waals surface area contributed by atoms with Crippen LogP contribution in [0.4, 0.5) is 4.39 Å². The minimum absolute atomic E-state index is 0.183. The van der Waals surface area contributed by atoms with E-state index in [1.54, 1.807) is 18.2 Å². The summed E-state index contributed by atoms with van der Waals surface area (Å²) in [5.41, 5.74) is 1.50. The maximum atomic E-state index is 14.0. The van der Waals surface area contributed by atoms with Crippen molar-refractivity contribution in [2.24, 2.45) is 0 Å². The Balaban J connectivity index is 1.37. The first kappa shape index (κ1) is 22.2. The van der Waals surface area contributed by atoms with Gasteiger partial charge in [0.1, 0.15) is 35.4 Å². The summed E-state index contributed by atoms with van der Waals surface area (Å²) >= 11 is 0. The Labute approximate surface area is 199 Å². The first-order valence-corrected chi connectivity index (χ1v) is 11.8. The first-order chi connectivity index (χ1) is 16.7. The van der Waals surface area contributed by atoms with Crippen molar-refractivity contribution in [2.45, 2.75) is 19.3 Å². The Bertz CT molecular complexity index is 1270. The van der Waals surface area contributed by atoms with Gasteiger partial charge in [0.25, 0.3) is 0 Å². The van der Waals surface area contributed by atoms with Crippen LogP contribution < -0.4 is 9.47 Å². The van der Waals surface area contributed by atoms with Gasteiger partial charge in [-0.2, -0.15) is 0 Å². The fraction of sp³-hybridized carbons (Fsp3) is 0.241. The molecule has 0 radical (unpaired) electrons. The predicted molar refractivity (Wildman–Crippen MR) is 133 cm³/mol. The minimum Gasteiger partial charge on any atom is -0.508 e. The molecule has 1 N–H and O–H groups in total. The molecule has 1 heterocycles. The van der Waals surface area contributed by atoms with Gasteiger partial charge >= 0.3 is 0 Å². The molecule has 0 atom stereocenters. The van der Waals surface area contributed by atoms with Crippen LogP contribution in [0.25, 0.3) is 21.9 Å². The molecule has 1 fully saturated rings. The molecule has 4 aromatic carbocycles. The van der Waals surface area contributed by atoms with Crippen LogP contribution in [-0.4, -0.2) is 36.2 Å². The topological polar surface area (TPSA) is 41.9 Å². The maximum Gasteiger partial charge on any atom is 0.143 e.